The quantitative estimate of drug-likeness (QED) is 0.532. The number of carbonyl (C=O) groups is 2. The number of hydrogen-bond donors (Lipinski definition) is 1. The number of hydrogen-bond acceptors (Lipinski definition) is 5. The molecule has 0 radical (unpaired) electrons. The van der Waals surface area contributed by atoms with Gasteiger partial charge in [0.25, 0.3) is 17.5 Å². The molecule has 0 fully saturated rings. The molecular weight excluding hydrogens is 298 g/mol. The van der Waals surface area contributed by atoms with Crippen molar-refractivity contribution in [3.05, 3.63) is 69.3 Å². The largest absolute Gasteiger partial charge is 0.367 e. The molecule has 1 aliphatic heterocycles. The first-order chi connectivity index (χ1) is 11.0. The first-order valence-electron chi connectivity index (χ1n) is 6.92. The number of nitrogens with zero attached hydrogens (tertiary/aromatic N) is 2. The molecule has 0 bridgehead atoms. The van der Waals surface area contributed by atoms with Crippen molar-refractivity contribution in [2.75, 3.05) is 12.0 Å². The molecule has 1 N–H and O–H groups in total. The summed E-state index contributed by atoms with van der Waals surface area (Å²) in [6.07, 6.45) is 0. The van der Waals surface area contributed by atoms with Crippen molar-refractivity contribution in [3.63, 3.8) is 0 Å². The topological polar surface area (TPSA) is 92.6 Å². The zero-order valence-electron chi connectivity index (χ0n) is 12.3. The molecule has 0 aliphatic carbocycles. The zero-order valence-corrected chi connectivity index (χ0v) is 12.3. The number of amides is 2. The number of nitrogens with one attached hydrogen (secondary N) is 1. The van der Waals surface area contributed by atoms with Gasteiger partial charge in [0.1, 0.15) is 0 Å². The van der Waals surface area contributed by atoms with Gasteiger partial charge in [-0.25, -0.2) is 0 Å². The SMILES string of the molecule is Cc1cccc(NCN2C(=O)c3ccc([N+](=O)[O-])cc3C2=O)c1. The van der Waals surface area contributed by atoms with E-state index in [9.17, 15) is 19.7 Å². The van der Waals surface area contributed by atoms with Gasteiger partial charge in [-0.05, 0) is 30.7 Å². The predicted octanol–water partition coefficient (Wildman–Crippen LogP) is 2.57. The lowest BCUT2D eigenvalue weighted by molar-refractivity contribution is -0.384. The van der Waals surface area contributed by atoms with Gasteiger partial charge in [0, 0.05) is 17.8 Å². The second-order valence-corrected chi connectivity index (χ2v) is 5.23. The van der Waals surface area contributed by atoms with E-state index < -0.39 is 16.7 Å². The molecule has 3 rings (SSSR count). The summed E-state index contributed by atoms with van der Waals surface area (Å²) in [6, 6.07) is 11.2. The maximum atomic E-state index is 12.3. The molecule has 2 aromatic carbocycles. The number of rotatable bonds is 4. The minimum atomic E-state index is -0.592. The van der Waals surface area contributed by atoms with Crippen LogP contribution in [0.5, 0.6) is 0 Å². The van der Waals surface area contributed by atoms with Crippen molar-refractivity contribution in [1.82, 2.24) is 4.90 Å². The van der Waals surface area contributed by atoms with E-state index in [0.717, 1.165) is 22.2 Å². The van der Waals surface area contributed by atoms with Gasteiger partial charge in [-0.1, -0.05) is 12.1 Å². The van der Waals surface area contributed by atoms with Gasteiger partial charge >= 0.3 is 0 Å². The first-order valence-corrected chi connectivity index (χ1v) is 6.92. The Hall–Kier alpha value is -3.22. The summed E-state index contributed by atoms with van der Waals surface area (Å²) < 4.78 is 0. The highest BCUT2D eigenvalue weighted by molar-refractivity contribution is 6.21. The van der Waals surface area contributed by atoms with E-state index in [1.54, 1.807) is 0 Å². The predicted molar refractivity (Wildman–Crippen MR) is 83.3 cm³/mol. The maximum Gasteiger partial charge on any atom is 0.270 e. The van der Waals surface area contributed by atoms with Crippen molar-refractivity contribution in [3.8, 4) is 0 Å². The van der Waals surface area contributed by atoms with Crippen molar-refractivity contribution in [2.45, 2.75) is 6.92 Å². The number of aryl methyl sites for hydroxylation is 1. The van der Waals surface area contributed by atoms with Crippen LogP contribution >= 0.6 is 0 Å². The standard InChI is InChI=1S/C16H13N3O4/c1-10-3-2-4-11(7-10)17-9-18-15(20)13-6-5-12(19(22)23)8-14(13)16(18)21/h2-8,17H,9H2,1H3. The number of nitro benzene ring substituents is 1. The van der Waals surface area contributed by atoms with Gasteiger partial charge < -0.3 is 5.32 Å². The van der Waals surface area contributed by atoms with Gasteiger partial charge in [-0.3, -0.25) is 24.6 Å². The molecule has 0 saturated heterocycles. The minimum absolute atomic E-state index is 0.00357. The Kier molecular flexibility index (Phi) is 3.53. The van der Waals surface area contributed by atoms with Crippen LogP contribution in [0.2, 0.25) is 0 Å². The van der Waals surface area contributed by atoms with Crippen LogP contribution in [0.25, 0.3) is 0 Å². The number of non-ortho nitro benzene ring substituents is 1. The Morgan fingerprint density at radius 2 is 1.83 bits per heavy atom. The highest BCUT2D eigenvalue weighted by Crippen LogP contribution is 2.26. The van der Waals surface area contributed by atoms with Crippen molar-refractivity contribution in [1.29, 1.82) is 0 Å². The van der Waals surface area contributed by atoms with Crippen LogP contribution in [0.1, 0.15) is 26.3 Å². The van der Waals surface area contributed by atoms with Gasteiger partial charge in [0.05, 0.1) is 22.7 Å². The zero-order chi connectivity index (χ0) is 16.6. The first kappa shape index (κ1) is 14.7. The fourth-order valence-corrected chi connectivity index (χ4v) is 2.46. The third kappa shape index (κ3) is 2.64. The number of imide groups is 1. The molecule has 7 heteroatoms. The molecule has 2 amide bonds. The molecule has 7 nitrogen and oxygen atoms in total. The van der Waals surface area contributed by atoms with Crippen LogP contribution in [0.15, 0.2) is 42.5 Å². The van der Waals surface area contributed by atoms with Crippen molar-refractivity contribution >= 4 is 23.2 Å². The molecule has 23 heavy (non-hydrogen) atoms. The summed E-state index contributed by atoms with van der Waals surface area (Å²) in [7, 11) is 0. The van der Waals surface area contributed by atoms with Crippen LogP contribution in [-0.2, 0) is 0 Å². The summed E-state index contributed by atoms with van der Waals surface area (Å²) in [6.45, 7) is 1.94. The number of fused-ring (bicyclic) bond motifs is 1. The average Bonchev–Trinajstić information content (AvgIpc) is 2.76. The van der Waals surface area contributed by atoms with Crippen LogP contribution < -0.4 is 5.32 Å². The summed E-state index contributed by atoms with van der Waals surface area (Å²) in [5, 5.41) is 13.8. The summed E-state index contributed by atoms with van der Waals surface area (Å²) >= 11 is 0. The number of anilines is 1. The minimum Gasteiger partial charge on any atom is -0.367 e. The fourth-order valence-electron chi connectivity index (χ4n) is 2.46. The molecule has 0 saturated carbocycles. The highest BCUT2D eigenvalue weighted by Gasteiger charge is 2.36. The van der Waals surface area contributed by atoms with E-state index in [1.165, 1.54) is 12.1 Å². The van der Waals surface area contributed by atoms with E-state index in [4.69, 9.17) is 0 Å². The van der Waals surface area contributed by atoms with E-state index in [0.29, 0.717) is 0 Å². The van der Waals surface area contributed by atoms with Crippen molar-refractivity contribution in [2.24, 2.45) is 0 Å². The molecular formula is C16H13N3O4. The van der Waals surface area contributed by atoms with E-state index in [-0.39, 0.29) is 23.5 Å². The summed E-state index contributed by atoms with van der Waals surface area (Å²) in [5.41, 5.74) is 1.88. The molecule has 2 aromatic rings. The second-order valence-electron chi connectivity index (χ2n) is 5.23. The fraction of sp³-hybridized carbons (Fsp3) is 0.125. The van der Waals surface area contributed by atoms with Gasteiger partial charge in [0.2, 0.25) is 0 Å². The lowest BCUT2D eigenvalue weighted by Crippen LogP contribution is -2.34. The monoisotopic (exact) mass is 311 g/mol. The lowest BCUT2D eigenvalue weighted by Gasteiger charge is -2.15. The normalized spacial score (nSPS) is 13.2. The molecule has 1 heterocycles. The van der Waals surface area contributed by atoms with Gasteiger partial charge in [-0.15, -0.1) is 0 Å². The maximum absolute atomic E-state index is 12.3. The van der Waals surface area contributed by atoms with Crippen molar-refractivity contribution < 1.29 is 14.5 Å². The molecule has 1 aliphatic rings. The highest BCUT2D eigenvalue weighted by atomic mass is 16.6. The van der Waals surface area contributed by atoms with Crippen LogP contribution in [0.4, 0.5) is 11.4 Å². The Bertz CT molecular complexity index is 832. The molecule has 0 aromatic heterocycles. The smallest absolute Gasteiger partial charge is 0.270 e. The molecule has 0 spiro atoms. The number of carbonyl (C=O) groups excluding carboxylic acids is 2. The van der Waals surface area contributed by atoms with Crippen LogP contribution in [0.3, 0.4) is 0 Å². The average molecular weight is 311 g/mol. The summed E-state index contributed by atoms with van der Waals surface area (Å²) in [4.78, 5) is 35.8. The van der Waals surface area contributed by atoms with Crippen LogP contribution in [0, 0.1) is 17.0 Å². The van der Waals surface area contributed by atoms with Crippen LogP contribution in [-0.4, -0.2) is 28.3 Å². The van der Waals surface area contributed by atoms with E-state index in [2.05, 4.69) is 5.32 Å². The molecule has 116 valence electrons. The Balaban J connectivity index is 1.81. The van der Waals surface area contributed by atoms with Gasteiger partial charge in [0.15, 0.2) is 0 Å². The Morgan fingerprint density at radius 3 is 2.52 bits per heavy atom. The second kappa shape index (κ2) is 5.53. The van der Waals surface area contributed by atoms with Gasteiger partial charge in [-0.2, -0.15) is 0 Å². The third-order valence-corrected chi connectivity index (χ3v) is 3.62. The third-order valence-electron chi connectivity index (χ3n) is 3.62. The van der Waals surface area contributed by atoms with E-state index >= 15 is 0 Å². The molecule has 0 unspecified atom stereocenters. The number of nitro groups is 1. The lowest BCUT2D eigenvalue weighted by atomic mass is 10.1. The Morgan fingerprint density at radius 1 is 1.09 bits per heavy atom. The number of benzene rings is 2. The van der Waals surface area contributed by atoms with E-state index in [1.807, 2.05) is 31.2 Å². The Labute approximate surface area is 131 Å². The summed E-state index contributed by atoms with van der Waals surface area (Å²) in [5.74, 6) is -0.992. The molecule has 0 atom stereocenters.